The molecule has 4 rings (SSSR count). The van der Waals surface area contributed by atoms with Crippen molar-refractivity contribution in [1.82, 2.24) is 15.1 Å². The third-order valence-corrected chi connectivity index (χ3v) is 3.77. The smallest absolute Gasteiger partial charge is 0.258 e. The fraction of sp³-hybridized carbons (Fsp3) is 0.111. The molecule has 0 atom stereocenters. The maximum atomic E-state index is 10.0. The molecule has 0 radical (unpaired) electrons. The molecule has 120 valence electrons. The average molecular weight is 321 g/mol. The summed E-state index contributed by atoms with van der Waals surface area (Å²) in [6, 6.07) is 12.9. The van der Waals surface area contributed by atoms with Gasteiger partial charge in [-0.2, -0.15) is 4.98 Å². The number of hydrogen-bond donors (Lipinski definition) is 2. The molecule has 0 saturated heterocycles. The van der Waals surface area contributed by atoms with Gasteiger partial charge in [0.2, 0.25) is 5.82 Å². The molecule has 2 N–H and O–H groups in total. The molecule has 0 spiro atoms. The van der Waals surface area contributed by atoms with E-state index in [0.29, 0.717) is 29.6 Å². The quantitative estimate of drug-likeness (QED) is 0.594. The van der Waals surface area contributed by atoms with E-state index in [1.54, 1.807) is 18.2 Å². The van der Waals surface area contributed by atoms with E-state index < -0.39 is 0 Å². The second-order valence-corrected chi connectivity index (χ2v) is 5.28. The normalized spacial score (nSPS) is 11.0. The summed E-state index contributed by atoms with van der Waals surface area (Å²) in [5.41, 5.74) is 2.53. The van der Waals surface area contributed by atoms with E-state index in [-0.39, 0.29) is 5.75 Å². The number of aromatic amines is 1. The van der Waals surface area contributed by atoms with Crippen LogP contribution in [0.4, 0.5) is 0 Å². The molecule has 6 nitrogen and oxygen atoms in total. The van der Waals surface area contributed by atoms with Gasteiger partial charge in [-0.3, -0.25) is 0 Å². The Hall–Kier alpha value is -3.28. The number of H-pyrrole nitrogens is 1. The number of phenolic OH excluding ortho intramolecular Hbond substituents is 1. The summed E-state index contributed by atoms with van der Waals surface area (Å²) in [6.45, 7) is 2.34. The molecule has 4 aromatic rings. The van der Waals surface area contributed by atoms with Gasteiger partial charge in [0, 0.05) is 28.2 Å². The summed E-state index contributed by atoms with van der Waals surface area (Å²) < 4.78 is 10.7. The lowest BCUT2D eigenvalue weighted by atomic mass is 10.1. The van der Waals surface area contributed by atoms with Crippen LogP contribution in [0.15, 0.2) is 53.2 Å². The van der Waals surface area contributed by atoms with Crippen LogP contribution in [-0.4, -0.2) is 26.8 Å². The second-order valence-electron chi connectivity index (χ2n) is 5.28. The number of phenols is 1. The molecule has 0 saturated carbocycles. The summed E-state index contributed by atoms with van der Waals surface area (Å²) in [4.78, 5) is 7.61. The van der Waals surface area contributed by atoms with E-state index in [2.05, 4.69) is 15.1 Å². The van der Waals surface area contributed by atoms with Crippen molar-refractivity contribution in [2.24, 2.45) is 0 Å². The van der Waals surface area contributed by atoms with E-state index in [1.165, 1.54) is 0 Å². The van der Waals surface area contributed by atoms with Crippen LogP contribution in [0.2, 0.25) is 0 Å². The molecule has 6 heteroatoms. The van der Waals surface area contributed by atoms with Crippen LogP contribution < -0.4 is 4.74 Å². The van der Waals surface area contributed by atoms with Crippen LogP contribution in [0, 0.1) is 0 Å². The van der Waals surface area contributed by atoms with Crippen LogP contribution in [0.5, 0.6) is 11.5 Å². The van der Waals surface area contributed by atoms with Crippen molar-refractivity contribution in [2.45, 2.75) is 6.92 Å². The van der Waals surface area contributed by atoms with E-state index >= 15 is 0 Å². The SMILES string of the molecule is CCOc1ccc(-c2nc(-c3cccc4[nH]ccc34)no2)cc1O. The monoisotopic (exact) mass is 321 g/mol. The number of fused-ring (bicyclic) bond motifs is 1. The first-order chi connectivity index (χ1) is 11.8. The van der Waals surface area contributed by atoms with Crippen molar-refractivity contribution in [1.29, 1.82) is 0 Å². The van der Waals surface area contributed by atoms with Crippen molar-refractivity contribution in [3.8, 4) is 34.3 Å². The number of hydrogen-bond acceptors (Lipinski definition) is 5. The zero-order chi connectivity index (χ0) is 16.5. The van der Waals surface area contributed by atoms with E-state index in [0.717, 1.165) is 16.5 Å². The number of benzene rings is 2. The minimum Gasteiger partial charge on any atom is -0.504 e. The molecule has 0 unspecified atom stereocenters. The van der Waals surface area contributed by atoms with Gasteiger partial charge < -0.3 is 19.4 Å². The van der Waals surface area contributed by atoms with Crippen LogP contribution in [0.3, 0.4) is 0 Å². The third kappa shape index (κ3) is 2.38. The number of rotatable bonds is 4. The van der Waals surface area contributed by atoms with Crippen LogP contribution in [0.1, 0.15) is 6.92 Å². The summed E-state index contributed by atoms with van der Waals surface area (Å²) in [6.07, 6.45) is 1.87. The molecule has 0 aliphatic rings. The van der Waals surface area contributed by atoms with Crippen LogP contribution in [-0.2, 0) is 0 Å². The Morgan fingerprint density at radius 1 is 1.21 bits per heavy atom. The first-order valence-corrected chi connectivity index (χ1v) is 7.62. The first kappa shape index (κ1) is 14.3. The molecule has 2 heterocycles. The lowest BCUT2D eigenvalue weighted by Crippen LogP contribution is -1.91. The van der Waals surface area contributed by atoms with E-state index in [4.69, 9.17) is 9.26 Å². The van der Waals surface area contributed by atoms with E-state index in [9.17, 15) is 5.11 Å². The van der Waals surface area contributed by atoms with Gasteiger partial charge >= 0.3 is 0 Å². The zero-order valence-corrected chi connectivity index (χ0v) is 13.0. The maximum absolute atomic E-state index is 10.0. The standard InChI is InChI=1S/C18H15N3O3/c1-2-23-16-7-6-11(10-15(16)22)18-20-17(21-24-18)13-4-3-5-14-12(13)8-9-19-14/h3-10,19,22H,2H2,1H3. The lowest BCUT2D eigenvalue weighted by molar-refractivity contribution is 0.318. The zero-order valence-electron chi connectivity index (χ0n) is 13.0. The minimum atomic E-state index is 0.0434. The van der Waals surface area contributed by atoms with Gasteiger partial charge in [0.1, 0.15) is 0 Å². The molecule has 0 aliphatic heterocycles. The van der Waals surface area contributed by atoms with Crippen molar-refractivity contribution in [3.05, 3.63) is 48.7 Å². The summed E-state index contributed by atoms with van der Waals surface area (Å²) in [7, 11) is 0. The highest BCUT2D eigenvalue weighted by Crippen LogP contribution is 2.32. The maximum Gasteiger partial charge on any atom is 0.258 e. The Kier molecular flexibility index (Phi) is 3.42. The number of ether oxygens (including phenoxy) is 1. The Morgan fingerprint density at radius 2 is 2.12 bits per heavy atom. The highest BCUT2D eigenvalue weighted by atomic mass is 16.5. The predicted molar refractivity (Wildman–Crippen MR) is 89.9 cm³/mol. The third-order valence-electron chi connectivity index (χ3n) is 3.77. The highest BCUT2D eigenvalue weighted by molar-refractivity contribution is 5.93. The molecule has 0 fully saturated rings. The second kappa shape index (κ2) is 5.73. The van der Waals surface area contributed by atoms with Gasteiger partial charge in [0.15, 0.2) is 11.5 Å². The molecule has 2 aromatic heterocycles. The molecule has 24 heavy (non-hydrogen) atoms. The Morgan fingerprint density at radius 3 is 2.96 bits per heavy atom. The fourth-order valence-corrected chi connectivity index (χ4v) is 2.66. The van der Waals surface area contributed by atoms with Gasteiger partial charge in [-0.25, -0.2) is 0 Å². The van der Waals surface area contributed by atoms with Crippen molar-refractivity contribution >= 4 is 10.9 Å². The highest BCUT2D eigenvalue weighted by Gasteiger charge is 2.14. The summed E-state index contributed by atoms with van der Waals surface area (Å²) in [5, 5.41) is 15.1. The molecular weight excluding hydrogens is 306 g/mol. The van der Waals surface area contributed by atoms with Gasteiger partial charge in [-0.1, -0.05) is 17.3 Å². The summed E-state index contributed by atoms with van der Waals surface area (Å²) >= 11 is 0. The minimum absolute atomic E-state index is 0.0434. The lowest BCUT2D eigenvalue weighted by Gasteiger charge is -2.05. The topological polar surface area (TPSA) is 84.2 Å². The van der Waals surface area contributed by atoms with Crippen LogP contribution >= 0.6 is 0 Å². The number of nitrogens with one attached hydrogen (secondary N) is 1. The van der Waals surface area contributed by atoms with Crippen molar-refractivity contribution in [3.63, 3.8) is 0 Å². The Labute approximate surface area is 137 Å². The van der Waals surface area contributed by atoms with Gasteiger partial charge in [0.25, 0.3) is 5.89 Å². The van der Waals surface area contributed by atoms with Crippen molar-refractivity contribution < 1.29 is 14.4 Å². The Bertz CT molecular complexity index is 1000. The average Bonchev–Trinajstić information content (AvgIpc) is 3.25. The molecule has 2 aromatic carbocycles. The molecule has 0 aliphatic carbocycles. The molecule has 0 bridgehead atoms. The summed E-state index contributed by atoms with van der Waals surface area (Å²) in [5.74, 6) is 1.32. The number of nitrogens with zero attached hydrogens (tertiary/aromatic N) is 2. The van der Waals surface area contributed by atoms with Gasteiger partial charge in [-0.05, 0) is 37.3 Å². The fourth-order valence-electron chi connectivity index (χ4n) is 2.66. The first-order valence-electron chi connectivity index (χ1n) is 7.62. The van der Waals surface area contributed by atoms with Gasteiger partial charge in [-0.15, -0.1) is 0 Å². The van der Waals surface area contributed by atoms with Crippen LogP contribution in [0.25, 0.3) is 33.7 Å². The largest absolute Gasteiger partial charge is 0.504 e. The Balaban J connectivity index is 1.73. The molecular formula is C18H15N3O3. The predicted octanol–water partition coefficient (Wildman–Crippen LogP) is 3.99. The van der Waals surface area contributed by atoms with E-state index in [1.807, 2.05) is 37.4 Å². The van der Waals surface area contributed by atoms with Crippen molar-refractivity contribution in [2.75, 3.05) is 6.61 Å². The molecule has 0 amide bonds. The van der Waals surface area contributed by atoms with Gasteiger partial charge in [0.05, 0.1) is 6.61 Å². The number of aromatic hydroxyl groups is 1. The number of aromatic nitrogens is 3.